The molecule has 1 aliphatic rings. The number of sulfonamides is 1. The van der Waals surface area contributed by atoms with E-state index in [2.05, 4.69) is 5.32 Å². The quantitative estimate of drug-likeness (QED) is 0.845. The van der Waals surface area contributed by atoms with Crippen molar-refractivity contribution in [3.8, 4) is 0 Å². The van der Waals surface area contributed by atoms with Crippen molar-refractivity contribution in [1.82, 2.24) is 0 Å². The number of rotatable bonds is 3. The van der Waals surface area contributed by atoms with Crippen LogP contribution in [0.1, 0.15) is 28.4 Å². The predicted octanol–water partition coefficient (Wildman–Crippen LogP) is 3.52. The van der Waals surface area contributed by atoms with Crippen LogP contribution >= 0.6 is 11.6 Å². The Morgan fingerprint density at radius 3 is 2.44 bits per heavy atom. The van der Waals surface area contributed by atoms with Crippen molar-refractivity contribution < 1.29 is 18.0 Å². The number of carbonyl (C=O) groups excluding carboxylic acids is 2. The summed E-state index contributed by atoms with van der Waals surface area (Å²) >= 11 is 6.13. The molecule has 2 amide bonds. The molecule has 1 N–H and O–H groups in total. The second-order valence-electron chi connectivity index (χ2n) is 6.70. The molecule has 0 spiro atoms. The Kier molecular flexibility index (Phi) is 5.01. The summed E-state index contributed by atoms with van der Waals surface area (Å²) in [5, 5.41) is 2.86. The highest BCUT2D eigenvalue weighted by Gasteiger charge is 2.43. The minimum atomic E-state index is -3.81. The van der Waals surface area contributed by atoms with Crippen molar-refractivity contribution in [2.24, 2.45) is 5.92 Å². The molecule has 0 aliphatic carbocycles. The Morgan fingerprint density at radius 1 is 1.15 bits per heavy atom. The molecule has 1 unspecified atom stereocenters. The van der Waals surface area contributed by atoms with E-state index in [1.807, 2.05) is 26.0 Å². The van der Waals surface area contributed by atoms with Gasteiger partial charge in [0, 0.05) is 11.3 Å². The average molecular weight is 407 g/mol. The van der Waals surface area contributed by atoms with E-state index < -0.39 is 27.8 Å². The molecule has 3 rings (SSSR count). The van der Waals surface area contributed by atoms with E-state index in [1.54, 1.807) is 13.0 Å². The molecule has 1 aliphatic heterocycles. The van der Waals surface area contributed by atoms with E-state index in [1.165, 1.54) is 18.2 Å². The van der Waals surface area contributed by atoms with E-state index in [4.69, 9.17) is 11.6 Å². The first-order valence-corrected chi connectivity index (χ1v) is 10.3. The Bertz CT molecular complexity index is 1050. The van der Waals surface area contributed by atoms with Crippen molar-refractivity contribution in [2.75, 3.05) is 15.4 Å². The maximum atomic E-state index is 12.6. The van der Waals surface area contributed by atoms with Crippen LogP contribution in [0.5, 0.6) is 0 Å². The smallest absolute Gasteiger partial charge is 0.255 e. The van der Waals surface area contributed by atoms with E-state index >= 15 is 0 Å². The van der Waals surface area contributed by atoms with Crippen molar-refractivity contribution >= 4 is 44.8 Å². The van der Waals surface area contributed by atoms with Gasteiger partial charge in [-0.25, -0.2) is 12.7 Å². The molecule has 1 saturated heterocycles. The van der Waals surface area contributed by atoms with Crippen LogP contribution in [0.3, 0.4) is 0 Å². The first-order chi connectivity index (χ1) is 12.6. The number of benzene rings is 2. The highest BCUT2D eigenvalue weighted by Crippen LogP contribution is 2.34. The van der Waals surface area contributed by atoms with E-state index in [0.29, 0.717) is 9.99 Å². The van der Waals surface area contributed by atoms with Gasteiger partial charge in [0.05, 0.1) is 22.4 Å². The van der Waals surface area contributed by atoms with Crippen LogP contribution in [0, 0.1) is 19.8 Å². The largest absolute Gasteiger partial charge is 0.322 e. The van der Waals surface area contributed by atoms with Crippen molar-refractivity contribution in [2.45, 2.75) is 20.8 Å². The zero-order valence-electron chi connectivity index (χ0n) is 15.1. The van der Waals surface area contributed by atoms with Crippen LogP contribution in [-0.4, -0.2) is 26.0 Å². The van der Waals surface area contributed by atoms with Crippen LogP contribution in [0.15, 0.2) is 36.4 Å². The van der Waals surface area contributed by atoms with Crippen LogP contribution in [-0.2, 0) is 14.8 Å². The number of aryl methyl sites for hydroxylation is 2. The molecule has 0 radical (unpaired) electrons. The fraction of sp³-hybridized carbons (Fsp3) is 0.263. The molecule has 2 aromatic carbocycles. The van der Waals surface area contributed by atoms with Crippen LogP contribution in [0.4, 0.5) is 11.4 Å². The van der Waals surface area contributed by atoms with Gasteiger partial charge in [0.1, 0.15) is 0 Å². The Hall–Kier alpha value is -2.38. The Morgan fingerprint density at radius 2 is 1.85 bits per heavy atom. The number of nitrogens with one attached hydrogen (secondary N) is 1. The molecule has 0 bridgehead atoms. The van der Waals surface area contributed by atoms with Gasteiger partial charge in [-0.15, -0.1) is 0 Å². The lowest BCUT2D eigenvalue weighted by atomic mass is 10.1. The van der Waals surface area contributed by atoms with Gasteiger partial charge in [0.2, 0.25) is 15.9 Å². The molecule has 8 heteroatoms. The van der Waals surface area contributed by atoms with E-state index in [-0.39, 0.29) is 22.0 Å². The maximum Gasteiger partial charge on any atom is 0.255 e. The summed E-state index contributed by atoms with van der Waals surface area (Å²) in [6.07, 6.45) is 0. The van der Waals surface area contributed by atoms with Gasteiger partial charge < -0.3 is 5.32 Å². The Labute approximate surface area is 163 Å². The van der Waals surface area contributed by atoms with Crippen LogP contribution < -0.4 is 9.62 Å². The third-order valence-corrected chi connectivity index (χ3v) is 6.73. The zero-order valence-corrected chi connectivity index (χ0v) is 16.7. The lowest BCUT2D eigenvalue weighted by Gasteiger charge is -2.18. The van der Waals surface area contributed by atoms with E-state index in [9.17, 15) is 18.0 Å². The zero-order chi connectivity index (χ0) is 19.9. The van der Waals surface area contributed by atoms with Crippen molar-refractivity contribution in [1.29, 1.82) is 0 Å². The topological polar surface area (TPSA) is 83.6 Å². The van der Waals surface area contributed by atoms with Gasteiger partial charge in [0.15, 0.2) is 0 Å². The number of carbonyl (C=O) groups is 2. The summed E-state index contributed by atoms with van der Waals surface area (Å²) in [5.74, 6) is -1.91. The Balaban J connectivity index is 1.94. The standard InChI is InChI=1S/C19H19ClN2O4S/c1-11-4-6-15(8-12(11)2)21-18(23)14-5-7-16(20)17(9-14)22-19(24)13(3)10-27(22,25)26/h4-9,13H,10H2,1-3H3,(H,21,23). The number of anilines is 2. The minimum absolute atomic E-state index is 0.00115. The molecule has 142 valence electrons. The first kappa shape index (κ1) is 19.4. The van der Waals surface area contributed by atoms with Gasteiger partial charge >= 0.3 is 0 Å². The van der Waals surface area contributed by atoms with Gasteiger partial charge in [-0.05, 0) is 55.3 Å². The third-order valence-electron chi connectivity index (χ3n) is 4.55. The van der Waals surface area contributed by atoms with Gasteiger partial charge in [-0.1, -0.05) is 24.6 Å². The van der Waals surface area contributed by atoms with Crippen molar-refractivity contribution in [3.63, 3.8) is 0 Å². The third kappa shape index (κ3) is 3.70. The highest BCUT2D eigenvalue weighted by atomic mass is 35.5. The summed E-state index contributed by atoms with van der Waals surface area (Å²) in [7, 11) is -3.81. The fourth-order valence-corrected chi connectivity index (χ4v) is 4.98. The van der Waals surface area contributed by atoms with Gasteiger partial charge in [0.25, 0.3) is 5.91 Å². The minimum Gasteiger partial charge on any atom is -0.322 e. The summed E-state index contributed by atoms with van der Waals surface area (Å²) < 4.78 is 25.3. The average Bonchev–Trinajstić information content (AvgIpc) is 2.79. The monoisotopic (exact) mass is 406 g/mol. The number of hydrogen-bond donors (Lipinski definition) is 1. The summed E-state index contributed by atoms with van der Waals surface area (Å²) in [4.78, 5) is 24.9. The number of halogens is 1. The van der Waals surface area contributed by atoms with Gasteiger partial charge in [-0.2, -0.15) is 0 Å². The molecule has 1 atom stereocenters. The molecular weight excluding hydrogens is 388 g/mol. The second kappa shape index (κ2) is 6.98. The molecule has 2 aromatic rings. The van der Waals surface area contributed by atoms with Crippen LogP contribution in [0.25, 0.3) is 0 Å². The number of hydrogen-bond acceptors (Lipinski definition) is 4. The molecule has 1 fully saturated rings. The molecule has 27 heavy (non-hydrogen) atoms. The number of nitrogens with zero attached hydrogens (tertiary/aromatic N) is 1. The summed E-state index contributed by atoms with van der Waals surface area (Å²) in [6.45, 7) is 5.46. The molecule has 0 aromatic heterocycles. The normalized spacial score (nSPS) is 18.6. The molecular formula is C19H19ClN2O4S. The van der Waals surface area contributed by atoms with E-state index in [0.717, 1.165) is 11.1 Å². The van der Waals surface area contributed by atoms with Crippen LogP contribution in [0.2, 0.25) is 5.02 Å². The van der Waals surface area contributed by atoms with Gasteiger partial charge in [-0.3, -0.25) is 9.59 Å². The first-order valence-electron chi connectivity index (χ1n) is 8.35. The highest BCUT2D eigenvalue weighted by molar-refractivity contribution is 7.94. The van der Waals surface area contributed by atoms with Crippen molar-refractivity contribution in [3.05, 3.63) is 58.1 Å². The predicted molar refractivity (Wildman–Crippen MR) is 106 cm³/mol. The lowest BCUT2D eigenvalue weighted by Crippen LogP contribution is -2.30. The number of amides is 2. The summed E-state index contributed by atoms with van der Waals surface area (Å²) in [5.41, 5.74) is 2.97. The fourth-order valence-electron chi connectivity index (χ4n) is 2.90. The SMILES string of the molecule is Cc1ccc(NC(=O)c2ccc(Cl)c(N3C(=O)C(C)CS3(=O)=O)c2)cc1C. The molecule has 0 saturated carbocycles. The molecule has 6 nitrogen and oxygen atoms in total. The lowest BCUT2D eigenvalue weighted by molar-refractivity contribution is -0.119. The summed E-state index contributed by atoms with van der Waals surface area (Å²) in [6, 6.07) is 9.76. The molecule has 1 heterocycles. The second-order valence-corrected chi connectivity index (χ2v) is 8.97. The maximum absolute atomic E-state index is 12.6.